The molecule has 0 unspecified atom stereocenters. The zero-order valence-corrected chi connectivity index (χ0v) is 14.7. The van der Waals surface area contributed by atoms with E-state index < -0.39 is 12.1 Å². The number of aryl methyl sites for hydroxylation is 1. The molecular weight excluding hydrogens is 330 g/mol. The first-order valence-corrected chi connectivity index (χ1v) is 8.70. The van der Waals surface area contributed by atoms with Crippen LogP contribution in [0.25, 0.3) is 0 Å². The zero-order valence-electron chi connectivity index (χ0n) is 14.7. The summed E-state index contributed by atoms with van der Waals surface area (Å²) in [5.41, 5.74) is 2.60. The maximum absolute atomic E-state index is 12.5. The van der Waals surface area contributed by atoms with Gasteiger partial charge in [-0.1, -0.05) is 60.2 Å². The van der Waals surface area contributed by atoms with Gasteiger partial charge in [-0.3, -0.25) is 9.59 Å². The first-order valence-electron chi connectivity index (χ1n) is 8.70. The lowest BCUT2D eigenvalue weighted by Gasteiger charge is -2.19. The first kappa shape index (κ1) is 17.9. The number of carbonyl (C=O) groups is 3. The summed E-state index contributed by atoms with van der Waals surface area (Å²) in [6, 6.07) is 16.3. The van der Waals surface area contributed by atoms with Gasteiger partial charge in [0, 0.05) is 18.4 Å². The van der Waals surface area contributed by atoms with Crippen molar-refractivity contribution >= 4 is 17.8 Å². The SMILES string of the molecule is Cc1ccc(C(=O)CCCC(=O)N2C(=O)OC[C@@H]2c2ccccc2)cc1. The zero-order chi connectivity index (χ0) is 18.5. The number of carbonyl (C=O) groups excluding carboxylic acids is 3. The van der Waals surface area contributed by atoms with Crippen molar-refractivity contribution in [3.05, 3.63) is 71.3 Å². The van der Waals surface area contributed by atoms with Crippen molar-refractivity contribution in [2.75, 3.05) is 6.61 Å². The van der Waals surface area contributed by atoms with Gasteiger partial charge in [0.05, 0.1) is 0 Å². The van der Waals surface area contributed by atoms with Crippen LogP contribution < -0.4 is 0 Å². The number of ether oxygens (including phenoxy) is 1. The van der Waals surface area contributed by atoms with Crippen molar-refractivity contribution in [1.29, 1.82) is 0 Å². The number of benzene rings is 2. The molecule has 2 amide bonds. The van der Waals surface area contributed by atoms with Crippen molar-refractivity contribution in [1.82, 2.24) is 4.90 Å². The Morgan fingerprint density at radius 3 is 2.42 bits per heavy atom. The van der Waals surface area contributed by atoms with Gasteiger partial charge >= 0.3 is 6.09 Å². The highest BCUT2D eigenvalue weighted by Crippen LogP contribution is 2.28. The van der Waals surface area contributed by atoms with Crippen LogP contribution in [0.4, 0.5) is 4.79 Å². The fourth-order valence-corrected chi connectivity index (χ4v) is 3.02. The second-order valence-electron chi connectivity index (χ2n) is 6.41. The number of cyclic esters (lactones) is 1. The first-order chi connectivity index (χ1) is 12.6. The molecule has 0 saturated carbocycles. The Bertz CT molecular complexity index is 799. The molecule has 5 heteroatoms. The van der Waals surface area contributed by atoms with Crippen molar-refractivity contribution < 1.29 is 19.1 Å². The van der Waals surface area contributed by atoms with Crippen LogP contribution in [0.3, 0.4) is 0 Å². The summed E-state index contributed by atoms with van der Waals surface area (Å²) in [7, 11) is 0. The fraction of sp³-hybridized carbons (Fsp3) is 0.286. The van der Waals surface area contributed by atoms with E-state index in [9.17, 15) is 14.4 Å². The molecule has 3 rings (SSSR count). The largest absolute Gasteiger partial charge is 0.446 e. The van der Waals surface area contributed by atoms with Crippen LogP contribution in [0.5, 0.6) is 0 Å². The van der Waals surface area contributed by atoms with Gasteiger partial charge in [-0.25, -0.2) is 9.69 Å². The Labute approximate surface area is 152 Å². The minimum Gasteiger partial charge on any atom is -0.446 e. The molecule has 2 aromatic carbocycles. The number of hydrogen-bond acceptors (Lipinski definition) is 4. The average Bonchev–Trinajstić information content (AvgIpc) is 3.04. The number of rotatable bonds is 6. The molecule has 0 N–H and O–H groups in total. The quantitative estimate of drug-likeness (QED) is 0.736. The van der Waals surface area contributed by atoms with Gasteiger partial charge in [-0.05, 0) is 18.9 Å². The van der Waals surface area contributed by atoms with Gasteiger partial charge < -0.3 is 4.74 Å². The molecule has 1 heterocycles. The lowest BCUT2D eigenvalue weighted by molar-refractivity contribution is -0.129. The van der Waals surface area contributed by atoms with E-state index in [-0.39, 0.29) is 31.1 Å². The Kier molecular flexibility index (Phi) is 5.46. The van der Waals surface area contributed by atoms with Gasteiger partial charge in [0.25, 0.3) is 0 Å². The Hall–Kier alpha value is -2.95. The van der Waals surface area contributed by atoms with Crippen LogP contribution >= 0.6 is 0 Å². The maximum Gasteiger partial charge on any atom is 0.417 e. The second-order valence-corrected chi connectivity index (χ2v) is 6.41. The summed E-state index contributed by atoms with van der Waals surface area (Å²) in [5, 5.41) is 0. The van der Waals surface area contributed by atoms with Crippen LogP contribution in [0, 0.1) is 6.92 Å². The predicted octanol–water partition coefficient (Wildman–Crippen LogP) is 4.07. The summed E-state index contributed by atoms with van der Waals surface area (Å²) in [4.78, 5) is 37.8. The number of imide groups is 1. The predicted molar refractivity (Wildman–Crippen MR) is 96.7 cm³/mol. The average molecular weight is 351 g/mol. The smallest absolute Gasteiger partial charge is 0.417 e. The number of Topliss-reactive ketones (excluding diaryl/α,β-unsaturated/α-hetero) is 1. The molecule has 1 fully saturated rings. The Balaban J connectivity index is 1.57. The summed E-state index contributed by atoms with van der Waals surface area (Å²) in [6.45, 7) is 2.13. The lowest BCUT2D eigenvalue weighted by Crippen LogP contribution is -2.34. The molecule has 0 radical (unpaired) electrons. The number of nitrogens with zero attached hydrogens (tertiary/aromatic N) is 1. The number of ketones is 1. The molecule has 0 spiro atoms. The summed E-state index contributed by atoms with van der Waals surface area (Å²) in [5.74, 6) is -0.306. The molecule has 1 saturated heterocycles. The Morgan fingerprint density at radius 1 is 1.04 bits per heavy atom. The molecule has 0 aliphatic carbocycles. The monoisotopic (exact) mass is 351 g/mol. The highest BCUT2D eigenvalue weighted by atomic mass is 16.6. The highest BCUT2D eigenvalue weighted by molar-refractivity contribution is 5.97. The van der Waals surface area contributed by atoms with Crippen molar-refractivity contribution in [2.45, 2.75) is 32.2 Å². The topological polar surface area (TPSA) is 63.7 Å². The van der Waals surface area contributed by atoms with Crippen LogP contribution in [0.1, 0.15) is 46.8 Å². The minimum absolute atomic E-state index is 0.00130. The molecule has 26 heavy (non-hydrogen) atoms. The van der Waals surface area contributed by atoms with E-state index >= 15 is 0 Å². The third-order valence-electron chi connectivity index (χ3n) is 4.49. The normalized spacial score (nSPS) is 16.4. The van der Waals surface area contributed by atoms with Gasteiger partial charge in [0.2, 0.25) is 5.91 Å². The number of amides is 2. The van der Waals surface area contributed by atoms with Crippen LogP contribution in [0.2, 0.25) is 0 Å². The van der Waals surface area contributed by atoms with Crippen LogP contribution in [-0.4, -0.2) is 29.3 Å². The van der Waals surface area contributed by atoms with E-state index in [1.165, 1.54) is 4.90 Å². The fourth-order valence-electron chi connectivity index (χ4n) is 3.02. The molecule has 1 aliphatic rings. The highest BCUT2D eigenvalue weighted by Gasteiger charge is 2.38. The van der Waals surface area contributed by atoms with E-state index in [1.807, 2.05) is 49.4 Å². The molecule has 134 valence electrons. The van der Waals surface area contributed by atoms with Crippen molar-refractivity contribution in [2.24, 2.45) is 0 Å². The van der Waals surface area contributed by atoms with Gasteiger partial charge in [0.1, 0.15) is 12.6 Å². The van der Waals surface area contributed by atoms with Crippen LogP contribution in [-0.2, 0) is 9.53 Å². The molecular formula is C21H21NO4. The van der Waals surface area contributed by atoms with Gasteiger partial charge in [-0.2, -0.15) is 0 Å². The number of hydrogen-bond donors (Lipinski definition) is 0. The summed E-state index contributed by atoms with van der Waals surface area (Å²) in [6.07, 6.45) is 0.189. The third-order valence-corrected chi connectivity index (χ3v) is 4.49. The minimum atomic E-state index is -0.617. The second kappa shape index (κ2) is 7.95. The summed E-state index contributed by atoms with van der Waals surface area (Å²) < 4.78 is 5.06. The molecule has 1 atom stereocenters. The summed E-state index contributed by atoms with van der Waals surface area (Å²) >= 11 is 0. The lowest BCUT2D eigenvalue weighted by atomic mass is 10.0. The van der Waals surface area contributed by atoms with E-state index in [0.29, 0.717) is 12.0 Å². The van der Waals surface area contributed by atoms with Crippen molar-refractivity contribution in [3.63, 3.8) is 0 Å². The Morgan fingerprint density at radius 2 is 1.73 bits per heavy atom. The molecule has 0 bridgehead atoms. The maximum atomic E-state index is 12.5. The van der Waals surface area contributed by atoms with E-state index in [0.717, 1.165) is 11.1 Å². The van der Waals surface area contributed by atoms with Crippen molar-refractivity contribution in [3.8, 4) is 0 Å². The standard InChI is InChI=1S/C21H21NO4/c1-15-10-12-17(13-11-15)19(23)8-5-9-20(24)22-18(14-26-21(22)25)16-6-3-2-4-7-16/h2-4,6-7,10-13,18H,5,8-9,14H2,1H3/t18-/m1/s1. The van der Waals surface area contributed by atoms with Gasteiger partial charge in [-0.15, -0.1) is 0 Å². The van der Waals surface area contributed by atoms with Gasteiger partial charge in [0.15, 0.2) is 5.78 Å². The molecule has 2 aromatic rings. The molecule has 0 aromatic heterocycles. The van der Waals surface area contributed by atoms with Crippen LogP contribution in [0.15, 0.2) is 54.6 Å². The van der Waals surface area contributed by atoms with E-state index in [1.54, 1.807) is 12.1 Å². The van der Waals surface area contributed by atoms with E-state index in [2.05, 4.69) is 0 Å². The molecule has 5 nitrogen and oxygen atoms in total. The third kappa shape index (κ3) is 3.99. The van der Waals surface area contributed by atoms with E-state index in [4.69, 9.17) is 4.74 Å². The molecule has 1 aliphatic heterocycles.